The van der Waals surface area contributed by atoms with E-state index in [2.05, 4.69) is 26.5 Å². The van der Waals surface area contributed by atoms with Crippen LogP contribution in [0.25, 0.3) is 0 Å². The number of carbonyl (C=O) groups excluding carboxylic acids is 1. The molecule has 0 aromatic heterocycles. The number of hydrogen-bond donors (Lipinski definition) is 2. The lowest BCUT2D eigenvalue weighted by atomic mass is 10.1. The van der Waals surface area contributed by atoms with E-state index in [-0.39, 0.29) is 17.0 Å². The highest BCUT2D eigenvalue weighted by atomic mass is 79.9. The summed E-state index contributed by atoms with van der Waals surface area (Å²) >= 11 is 3.35. The molecule has 0 radical (unpaired) electrons. The van der Waals surface area contributed by atoms with Crippen LogP contribution < -0.4 is 5.43 Å². The topological polar surface area (TPSA) is 116 Å². The Balaban J connectivity index is 1.80. The van der Waals surface area contributed by atoms with Gasteiger partial charge in [0.25, 0.3) is 5.91 Å². The van der Waals surface area contributed by atoms with E-state index in [9.17, 15) is 23.1 Å². The van der Waals surface area contributed by atoms with Crippen molar-refractivity contribution in [2.24, 2.45) is 5.10 Å². The number of rotatable bonds is 9. The second kappa shape index (κ2) is 11.2. The minimum Gasteiger partial charge on any atom is -0.478 e. The number of carboxylic acid groups (broad SMARTS) is 1. The summed E-state index contributed by atoms with van der Waals surface area (Å²) in [4.78, 5) is 24.0. The molecule has 0 atom stereocenters. The van der Waals surface area contributed by atoms with Gasteiger partial charge in [0.1, 0.15) is 0 Å². The van der Waals surface area contributed by atoms with Crippen LogP contribution in [0.3, 0.4) is 0 Å². The zero-order valence-electron chi connectivity index (χ0n) is 18.2. The van der Waals surface area contributed by atoms with Gasteiger partial charge in [-0.25, -0.2) is 18.6 Å². The monoisotopic (exact) mass is 543 g/mol. The van der Waals surface area contributed by atoms with Gasteiger partial charge in [-0.1, -0.05) is 64.0 Å². The number of nitrogens with zero attached hydrogens (tertiary/aromatic N) is 2. The molecule has 0 spiro atoms. The number of sulfonamides is 1. The number of aryl methyl sites for hydroxylation is 1. The van der Waals surface area contributed by atoms with Gasteiger partial charge in [0, 0.05) is 16.6 Å². The van der Waals surface area contributed by atoms with E-state index in [1.54, 1.807) is 54.6 Å². The molecule has 8 nitrogen and oxygen atoms in total. The van der Waals surface area contributed by atoms with Crippen molar-refractivity contribution in [3.63, 3.8) is 0 Å². The summed E-state index contributed by atoms with van der Waals surface area (Å²) in [5.41, 5.74) is 4.22. The zero-order chi connectivity index (χ0) is 24.7. The van der Waals surface area contributed by atoms with Crippen LogP contribution in [-0.4, -0.2) is 42.5 Å². The number of carbonyl (C=O) groups is 2. The van der Waals surface area contributed by atoms with E-state index < -0.39 is 28.4 Å². The van der Waals surface area contributed by atoms with Gasteiger partial charge in [0.2, 0.25) is 10.0 Å². The number of hydrazone groups is 1. The summed E-state index contributed by atoms with van der Waals surface area (Å²) in [6.45, 7) is 1.34. The molecular weight excluding hydrogens is 522 g/mol. The molecule has 3 aromatic carbocycles. The molecule has 0 saturated heterocycles. The third-order valence-electron chi connectivity index (χ3n) is 4.83. The van der Waals surface area contributed by atoms with Crippen molar-refractivity contribution in [2.45, 2.75) is 18.4 Å². The fourth-order valence-corrected chi connectivity index (χ4v) is 4.70. The first kappa shape index (κ1) is 25.3. The highest BCUT2D eigenvalue weighted by Gasteiger charge is 2.27. The Bertz CT molecular complexity index is 1310. The third-order valence-corrected chi connectivity index (χ3v) is 7.17. The molecule has 1 amide bonds. The minimum atomic E-state index is -3.99. The predicted octanol–water partition coefficient (Wildman–Crippen LogP) is 3.80. The molecular formula is C24H22BrN3O5S. The lowest BCUT2D eigenvalue weighted by molar-refractivity contribution is -0.121. The number of hydrogen-bond acceptors (Lipinski definition) is 5. The Hall–Kier alpha value is -3.34. The van der Waals surface area contributed by atoms with Crippen molar-refractivity contribution in [1.82, 2.24) is 9.73 Å². The molecule has 0 aliphatic heterocycles. The van der Waals surface area contributed by atoms with Crippen molar-refractivity contribution >= 4 is 44.0 Å². The molecule has 34 heavy (non-hydrogen) atoms. The standard InChI is InChI=1S/C24H22BrN3O5S/c1-17-6-12-21(13-7-17)34(32,33)28(15-18-8-10-20(25)11-9-18)16-23(29)27-26-14-19-4-2-3-5-22(19)24(30)31/h2-14H,15-16H2,1H3,(H,27,29)(H,30,31)/b26-14-. The van der Waals surface area contributed by atoms with Crippen molar-refractivity contribution in [1.29, 1.82) is 0 Å². The average Bonchev–Trinajstić information content (AvgIpc) is 2.80. The summed E-state index contributed by atoms with van der Waals surface area (Å²) in [5.74, 6) is -1.80. The third kappa shape index (κ3) is 6.60. The van der Waals surface area contributed by atoms with Crippen LogP contribution in [0.15, 0.2) is 87.3 Å². The first-order chi connectivity index (χ1) is 16.2. The van der Waals surface area contributed by atoms with Crippen LogP contribution in [0.2, 0.25) is 0 Å². The number of benzene rings is 3. The number of aromatic carboxylic acids is 1. The van der Waals surface area contributed by atoms with Gasteiger partial charge in [-0.2, -0.15) is 9.41 Å². The molecule has 0 bridgehead atoms. The molecule has 0 unspecified atom stereocenters. The highest BCUT2D eigenvalue weighted by Crippen LogP contribution is 2.20. The fourth-order valence-electron chi connectivity index (χ4n) is 3.05. The maximum atomic E-state index is 13.3. The van der Waals surface area contributed by atoms with E-state index in [0.29, 0.717) is 11.1 Å². The normalized spacial score (nSPS) is 11.6. The van der Waals surface area contributed by atoms with Gasteiger partial charge in [0.05, 0.1) is 23.2 Å². The zero-order valence-corrected chi connectivity index (χ0v) is 20.6. The molecule has 0 saturated carbocycles. The van der Waals surface area contributed by atoms with Gasteiger partial charge in [-0.15, -0.1) is 0 Å². The highest BCUT2D eigenvalue weighted by molar-refractivity contribution is 9.10. The van der Waals surface area contributed by atoms with Crippen LogP contribution in [0.4, 0.5) is 0 Å². The van der Waals surface area contributed by atoms with E-state index in [0.717, 1.165) is 14.3 Å². The molecule has 2 N–H and O–H groups in total. The fraction of sp³-hybridized carbons (Fsp3) is 0.125. The second-order valence-electron chi connectivity index (χ2n) is 7.40. The van der Waals surface area contributed by atoms with Gasteiger partial charge in [0.15, 0.2) is 0 Å². The molecule has 10 heteroatoms. The summed E-state index contributed by atoms with van der Waals surface area (Å²) in [7, 11) is -3.99. The maximum Gasteiger partial charge on any atom is 0.336 e. The lowest BCUT2D eigenvalue weighted by Crippen LogP contribution is -2.39. The molecule has 3 aromatic rings. The number of carboxylic acids is 1. The van der Waals surface area contributed by atoms with E-state index >= 15 is 0 Å². The first-order valence-electron chi connectivity index (χ1n) is 10.1. The largest absolute Gasteiger partial charge is 0.478 e. The van der Waals surface area contributed by atoms with Gasteiger partial charge < -0.3 is 5.11 Å². The predicted molar refractivity (Wildman–Crippen MR) is 132 cm³/mol. The molecule has 3 rings (SSSR count). The van der Waals surface area contributed by atoms with Crippen molar-refractivity contribution in [3.05, 3.63) is 99.5 Å². The molecule has 0 fully saturated rings. The Morgan fingerprint density at radius 2 is 1.68 bits per heavy atom. The SMILES string of the molecule is Cc1ccc(S(=O)(=O)N(CC(=O)N/N=C\c2ccccc2C(=O)O)Cc2ccc(Br)cc2)cc1. The Kier molecular flexibility index (Phi) is 8.32. The first-order valence-corrected chi connectivity index (χ1v) is 12.4. The quantitative estimate of drug-likeness (QED) is 0.314. The van der Waals surface area contributed by atoms with Crippen molar-refractivity contribution < 1.29 is 23.1 Å². The summed E-state index contributed by atoms with van der Waals surface area (Å²) in [6, 6.07) is 19.7. The molecule has 0 aliphatic carbocycles. The van der Waals surface area contributed by atoms with Crippen molar-refractivity contribution in [3.8, 4) is 0 Å². The van der Waals surface area contributed by atoms with Crippen LogP contribution >= 0.6 is 15.9 Å². The van der Waals surface area contributed by atoms with Crippen LogP contribution in [0.5, 0.6) is 0 Å². The molecule has 0 heterocycles. The van der Waals surface area contributed by atoms with Crippen LogP contribution in [0.1, 0.15) is 27.0 Å². The Morgan fingerprint density at radius 1 is 1.03 bits per heavy atom. The lowest BCUT2D eigenvalue weighted by Gasteiger charge is -2.21. The summed E-state index contributed by atoms with van der Waals surface area (Å²) in [6.07, 6.45) is 1.20. The smallest absolute Gasteiger partial charge is 0.336 e. The van der Waals surface area contributed by atoms with E-state index in [1.165, 1.54) is 24.4 Å². The second-order valence-corrected chi connectivity index (χ2v) is 10.3. The Labute approximate surface area is 206 Å². The van der Waals surface area contributed by atoms with E-state index in [4.69, 9.17) is 0 Å². The Morgan fingerprint density at radius 3 is 2.32 bits per heavy atom. The number of nitrogens with one attached hydrogen (secondary N) is 1. The number of halogens is 1. The average molecular weight is 544 g/mol. The minimum absolute atomic E-state index is 0.0253. The van der Waals surface area contributed by atoms with Gasteiger partial charge >= 0.3 is 5.97 Å². The van der Waals surface area contributed by atoms with Crippen LogP contribution in [0, 0.1) is 6.92 Å². The van der Waals surface area contributed by atoms with Crippen LogP contribution in [-0.2, 0) is 21.4 Å². The van der Waals surface area contributed by atoms with Crippen molar-refractivity contribution in [2.75, 3.05) is 6.54 Å². The molecule has 176 valence electrons. The number of amides is 1. The summed E-state index contributed by atoms with van der Waals surface area (Å²) < 4.78 is 28.5. The maximum absolute atomic E-state index is 13.3. The summed E-state index contributed by atoms with van der Waals surface area (Å²) in [5, 5.41) is 13.0. The molecule has 0 aliphatic rings. The van der Waals surface area contributed by atoms with Gasteiger partial charge in [-0.3, -0.25) is 4.79 Å². The van der Waals surface area contributed by atoms with Gasteiger partial charge in [-0.05, 0) is 42.8 Å². The van der Waals surface area contributed by atoms with E-state index in [1.807, 2.05) is 6.92 Å².